The minimum Gasteiger partial charge on any atom is -0.388 e. The predicted molar refractivity (Wildman–Crippen MR) is 179 cm³/mol. The zero-order chi connectivity index (χ0) is 33.2. The molecule has 1 fully saturated rings. The van der Waals surface area contributed by atoms with Crippen LogP contribution >= 0.6 is 0 Å². The van der Waals surface area contributed by atoms with E-state index in [1.165, 1.54) is 31.7 Å². The molecule has 45 heavy (non-hydrogen) atoms. The van der Waals surface area contributed by atoms with Gasteiger partial charge in [-0.3, -0.25) is 19.7 Å². The van der Waals surface area contributed by atoms with Gasteiger partial charge in [-0.05, 0) is 83.3 Å². The number of hydrogen-bond acceptors (Lipinski definition) is 7. The van der Waals surface area contributed by atoms with Crippen LogP contribution in [0.5, 0.6) is 0 Å². The summed E-state index contributed by atoms with van der Waals surface area (Å²) in [7, 11) is 1.83. The number of aldehydes is 1. The maximum atomic E-state index is 13.3. The smallest absolute Gasteiger partial charge is 0.333 e. The lowest BCUT2D eigenvalue weighted by Crippen LogP contribution is -2.31. The highest BCUT2D eigenvalue weighted by Gasteiger charge is 2.16. The summed E-state index contributed by atoms with van der Waals surface area (Å²) in [6.45, 7) is 9.84. The molecule has 3 rings (SSSR count). The van der Waals surface area contributed by atoms with Crippen molar-refractivity contribution in [1.29, 1.82) is 0 Å². The van der Waals surface area contributed by atoms with Crippen molar-refractivity contribution >= 4 is 30.3 Å². The van der Waals surface area contributed by atoms with Crippen molar-refractivity contribution in [2.24, 2.45) is 9.98 Å². The minimum atomic E-state index is -2.74. The summed E-state index contributed by atoms with van der Waals surface area (Å²) in [4.78, 5) is 34.6. The monoisotopic (exact) mass is 625 g/mol. The molecule has 0 aliphatic carbocycles. The lowest BCUT2D eigenvalue weighted by molar-refractivity contribution is -0.116. The van der Waals surface area contributed by atoms with Gasteiger partial charge in [0.2, 0.25) is 0 Å². The van der Waals surface area contributed by atoms with Crippen molar-refractivity contribution in [2.45, 2.75) is 85.7 Å². The van der Waals surface area contributed by atoms with Crippen LogP contribution in [0.1, 0.15) is 85.3 Å². The Bertz CT molecular complexity index is 1330. The van der Waals surface area contributed by atoms with Gasteiger partial charge in [-0.25, -0.2) is 4.68 Å². The number of nitrogens with one attached hydrogen (secondary N) is 2. The Hall–Kier alpha value is -3.99. The first-order chi connectivity index (χ1) is 21.6. The minimum absolute atomic E-state index is 0.289. The molecule has 1 amide bonds. The van der Waals surface area contributed by atoms with E-state index >= 15 is 0 Å². The van der Waals surface area contributed by atoms with Crippen LogP contribution in [0.3, 0.4) is 0 Å². The molecule has 2 aliphatic rings. The number of unbranched alkanes of at least 4 members (excludes halogenated alkanes) is 1. The second-order valence-electron chi connectivity index (χ2n) is 11.1. The normalized spacial score (nSPS) is 21.1. The van der Waals surface area contributed by atoms with Gasteiger partial charge in [0.1, 0.15) is 6.29 Å². The standard InChI is InChI=1S/C27H36F2N6O.C7H13NO/c1-7-9-10-11-22(30-6)13-24(18(3)4)34-26(36)23-16-31-21(8-2)12-25(32-14-19(23)5)20-15-33-35(17-20)27(28)29;9-7-6-8-4-2-1-3-5-8/h10-17,21,27,30H,7-9H2,1-6H3,(H,34,36);7H,1-6H2/b11-10+,22-13+,23-19-,25-12-,31-16?,32-14-;. The second kappa shape index (κ2) is 20.1. The maximum absolute atomic E-state index is 13.3. The number of rotatable bonds is 12. The van der Waals surface area contributed by atoms with Crippen LogP contribution in [0.25, 0.3) is 5.70 Å². The van der Waals surface area contributed by atoms with E-state index in [1.807, 2.05) is 40.0 Å². The molecule has 11 heteroatoms. The molecule has 1 aromatic heterocycles. The van der Waals surface area contributed by atoms with Gasteiger partial charge in [0, 0.05) is 42.6 Å². The van der Waals surface area contributed by atoms with Gasteiger partial charge in [-0.1, -0.05) is 38.3 Å². The van der Waals surface area contributed by atoms with Crippen molar-refractivity contribution in [1.82, 2.24) is 25.3 Å². The molecule has 0 saturated carbocycles. The fourth-order valence-electron chi connectivity index (χ4n) is 4.46. The van der Waals surface area contributed by atoms with Gasteiger partial charge in [0.25, 0.3) is 5.91 Å². The number of likely N-dealkylation sites (N-methyl/N-ethyl adjacent to an activating group) is 1. The van der Waals surface area contributed by atoms with E-state index in [2.05, 4.69) is 43.6 Å². The third kappa shape index (κ3) is 12.9. The number of aliphatic imine (C=N–C) groups is 2. The Labute approximate surface area is 266 Å². The number of carbonyl (C=O) groups is 2. The lowest BCUT2D eigenvalue weighted by Gasteiger charge is -2.23. The molecule has 1 saturated heterocycles. The molecule has 1 unspecified atom stereocenters. The Kier molecular flexibility index (Phi) is 16.6. The average molecular weight is 626 g/mol. The first kappa shape index (κ1) is 37.2. The Balaban J connectivity index is 0.000000669. The van der Waals surface area contributed by atoms with Crippen LogP contribution in [0.4, 0.5) is 8.78 Å². The van der Waals surface area contributed by atoms with Crippen LogP contribution in [-0.4, -0.2) is 72.0 Å². The Morgan fingerprint density at radius 1 is 1.16 bits per heavy atom. The van der Waals surface area contributed by atoms with Gasteiger partial charge >= 0.3 is 6.55 Å². The molecule has 0 spiro atoms. The molecule has 3 heterocycles. The number of nitrogens with zero attached hydrogens (tertiary/aromatic N) is 5. The van der Waals surface area contributed by atoms with Crippen LogP contribution in [0.2, 0.25) is 0 Å². The van der Waals surface area contributed by atoms with Gasteiger partial charge in [0.05, 0.1) is 30.1 Å². The summed E-state index contributed by atoms with van der Waals surface area (Å²) in [6.07, 6.45) is 21.0. The molecule has 2 N–H and O–H groups in total. The molecular formula is C34H49F2N7O2. The SMILES string of the molecule is CCC/C=C/C(=C\C(NC(=O)\C1=C(C)/C=N\C(c2cnn(C(F)F)c2)=C/C(CC)N=C1)=C(C)C)NC.O=CCN1CCCCC1. The molecule has 246 valence electrons. The fourth-order valence-corrected chi connectivity index (χ4v) is 4.46. The number of amides is 1. The number of hydrogen-bond donors (Lipinski definition) is 2. The summed E-state index contributed by atoms with van der Waals surface area (Å²) < 4.78 is 26.6. The highest BCUT2D eigenvalue weighted by Crippen LogP contribution is 2.22. The van der Waals surface area contributed by atoms with Crippen LogP contribution < -0.4 is 10.6 Å². The molecule has 0 aromatic carbocycles. The van der Waals surface area contributed by atoms with Crippen molar-refractivity contribution in [2.75, 3.05) is 26.7 Å². The van der Waals surface area contributed by atoms with Crippen LogP contribution in [0, 0.1) is 0 Å². The van der Waals surface area contributed by atoms with Crippen molar-refractivity contribution in [3.8, 4) is 0 Å². The number of carbonyl (C=O) groups excluding carboxylic acids is 2. The number of likely N-dealkylation sites (tertiary alicyclic amines) is 1. The molecule has 9 nitrogen and oxygen atoms in total. The third-order valence-electron chi connectivity index (χ3n) is 7.24. The van der Waals surface area contributed by atoms with E-state index in [0.717, 1.165) is 43.5 Å². The van der Waals surface area contributed by atoms with Gasteiger partial charge in [0.15, 0.2) is 0 Å². The number of alkyl halides is 2. The molecule has 0 radical (unpaired) electrons. The maximum Gasteiger partial charge on any atom is 0.333 e. The molecule has 2 aliphatic heterocycles. The number of halogens is 2. The fraction of sp³-hybridized carbons (Fsp3) is 0.500. The molecule has 1 aromatic rings. The number of piperidine rings is 1. The van der Waals surface area contributed by atoms with Crippen molar-refractivity contribution < 1.29 is 18.4 Å². The largest absolute Gasteiger partial charge is 0.388 e. The predicted octanol–water partition coefficient (Wildman–Crippen LogP) is 6.41. The Morgan fingerprint density at radius 3 is 2.47 bits per heavy atom. The van der Waals surface area contributed by atoms with E-state index in [0.29, 0.717) is 45.8 Å². The zero-order valence-corrected chi connectivity index (χ0v) is 27.5. The Morgan fingerprint density at radius 2 is 1.89 bits per heavy atom. The van der Waals surface area contributed by atoms with Gasteiger partial charge in [-0.15, -0.1) is 0 Å². The van der Waals surface area contributed by atoms with Crippen LogP contribution in [-0.2, 0) is 9.59 Å². The summed E-state index contributed by atoms with van der Waals surface area (Å²) >= 11 is 0. The zero-order valence-electron chi connectivity index (χ0n) is 27.5. The van der Waals surface area contributed by atoms with Gasteiger partial charge in [-0.2, -0.15) is 13.9 Å². The molecule has 0 bridgehead atoms. The second-order valence-corrected chi connectivity index (χ2v) is 11.1. The average Bonchev–Trinajstić information content (AvgIpc) is 3.54. The molecular weight excluding hydrogens is 576 g/mol. The first-order valence-corrected chi connectivity index (χ1v) is 15.7. The van der Waals surface area contributed by atoms with E-state index in [-0.39, 0.29) is 11.9 Å². The molecule has 1 atom stereocenters. The lowest BCUT2D eigenvalue weighted by atomic mass is 10.1. The first-order valence-electron chi connectivity index (χ1n) is 15.7. The van der Waals surface area contributed by atoms with Crippen molar-refractivity contribution in [3.63, 3.8) is 0 Å². The van der Waals surface area contributed by atoms with E-state index in [4.69, 9.17) is 0 Å². The summed E-state index contributed by atoms with van der Waals surface area (Å²) in [5.74, 6) is -0.313. The van der Waals surface area contributed by atoms with Crippen LogP contribution in [0.15, 0.2) is 74.8 Å². The summed E-state index contributed by atoms with van der Waals surface area (Å²) in [5, 5.41) is 9.84. The number of allylic oxidation sites excluding steroid dienone is 5. The highest BCUT2D eigenvalue weighted by molar-refractivity contribution is 6.17. The quantitative estimate of drug-likeness (QED) is 0.206. The topological polar surface area (TPSA) is 104 Å². The summed E-state index contributed by atoms with van der Waals surface area (Å²) in [6, 6.07) is -0.289. The van der Waals surface area contributed by atoms with E-state index < -0.39 is 6.55 Å². The summed E-state index contributed by atoms with van der Waals surface area (Å²) in [5.41, 5.74) is 4.38. The number of aromatic nitrogens is 2. The van der Waals surface area contributed by atoms with Crippen molar-refractivity contribution in [3.05, 3.63) is 70.4 Å². The van der Waals surface area contributed by atoms with E-state index in [9.17, 15) is 18.4 Å². The third-order valence-corrected chi connectivity index (χ3v) is 7.24. The highest BCUT2D eigenvalue weighted by atomic mass is 19.3. The van der Waals surface area contributed by atoms with E-state index in [1.54, 1.807) is 25.4 Å². The van der Waals surface area contributed by atoms with Gasteiger partial charge < -0.3 is 15.4 Å².